The second-order valence-corrected chi connectivity index (χ2v) is 20.2. The van der Waals surface area contributed by atoms with Crippen molar-refractivity contribution < 1.29 is 46.1 Å². The number of hydrogen-bond acceptors (Lipinski definition) is 0. The van der Waals surface area contributed by atoms with Crippen molar-refractivity contribution in [1.82, 2.24) is 0 Å². The van der Waals surface area contributed by atoms with Gasteiger partial charge in [0.15, 0.2) is 0 Å². The van der Waals surface area contributed by atoms with Gasteiger partial charge in [-0.15, -0.1) is 0 Å². The van der Waals surface area contributed by atoms with Crippen LogP contribution in [0.3, 0.4) is 0 Å². The van der Waals surface area contributed by atoms with Crippen molar-refractivity contribution >= 4 is 15.4 Å². The molecule has 6 aromatic rings. The number of halogens is 2. The van der Waals surface area contributed by atoms with E-state index in [1.165, 1.54) is 61.2 Å². The Balaban J connectivity index is 0.00000224. The van der Waals surface area contributed by atoms with Crippen LogP contribution in [0.1, 0.15) is 67.0 Å². The molecule has 0 saturated carbocycles. The van der Waals surface area contributed by atoms with E-state index >= 15 is 0 Å². The van der Waals surface area contributed by atoms with Crippen molar-refractivity contribution in [2.45, 2.75) is 34.9 Å². The summed E-state index contributed by atoms with van der Waals surface area (Å²) < 4.78 is 2.42. The number of hydrogen-bond donors (Lipinski definition) is 0. The molecule has 0 N–H and O–H groups in total. The van der Waals surface area contributed by atoms with Crippen LogP contribution < -0.4 is 24.8 Å². The summed E-state index contributed by atoms with van der Waals surface area (Å²) in [6.45, 7) is 9.63. The van der Waals surface area contributed by atoms with E-state index < -0.39 is 21.3 Å². The standard InChI is InChI=1S/C18H17.C17H15.C13H10.2ClH.Zr/c1-13(2)16-11-15-9-6-10-17(18(15)12-16)14-7-4-3-5-8-14;1-12-10-16-13(2)8-9-15(17(16)11-12)14-6-4-3-5-7-14;1-3-7-12(8-4-1)11-13-9-5-2-6-10-13;;;/h3-13H,1-2H3;3-11H,1-2H3;1-10H;2*1H;/q;;;;;+2/p-2. The van der Waals surface area contributed by atoms with Crippen molar-refractivity contribution in [2.75, 3.05) is 0 Å². The van der Waals surface area contributed by atoms with Gasteiger partial charge in [0.05, 0.1) is 0 Å². The Kier molecular flexibility index (Phi) is 11.4. The van der Waals surface area contributed by atoms with Crippen LogP contribution >= 0.6 is 0 Å². The molecule has 252 valence electrons. The van der Waals surface area contributed by atoms with E-state index in [0.29, 0.717) is 13.2 Å². The van der Waals surface area contributed by atoms with Crippen molar-refractivity contribution in [3.8, 4) is 22.3 Å². The summed E-state index contributed by atoms with van der Waals surface area (Å²) in [5, 5.41) is 0. The van der Waals surface area contributed by atoms with Crippen LogP contribution in [-0.2, 0) is 21.3 Å². The van der Waals surface area contributed by atoms with Gasteiger partial charge in [-0.1, -0.05) is 0 Å². The Bertz CT molecular complexity index is 2210. The van der Waals surface area contributed by atoms with Gasteiger partial charge in [-0.25, -0.2) is 0 Å². The maximum Gasteiger partial charge on any atom is -1.00 e. The van der Waals surface area contributed by atoms with Crippen molar-refractivity contribution in [2.24, 2.45) is 5.92 Å². The third kappa shape index (κ3) is 6.78. The van der Waals surface area contributed by atoms with Crippen LogP contribution in [0.5, 0.6) is 0 Å². The number of aryl methyl sites for hydroxylation is 1. The molecule has 0 saturated heterocycles. The maximum absolute atomic E-state index is 2.94. The number of fused-ring (bicyclic) bond motifs is 2. The summed E-state index contributed by atoms with van der Waals surface area (Å²) in [6.07, 6.45) is 5.15. The normalized spacial score (nSPS) is 15.4. The Labute approximate surface area is 324 Å². The molecule has 0 amide bonds. The summed E-state index contributed by atoms with van der Waals surface area (Å²) in [5.74, 6) is 0.436. The van der Waals surface area contributed by atoms with Gasteiger partial charge in [0, 0.05) is 0 Å². The summed E-state index contributed by atoms with van der Waals surface area (Å²) >= 11 is -2.94. The number of benzene rings is 6. The second-order valence-electron chi connectivity index (χ2n) is 13.9. The first-order valence-corrected chi connectivity index (χ1v) is 21.7. The Hall–Kier alpha value is -3.87. The van der Waals surface area contributed by atoms with Crippen LogP contribution in [0.4, 0.5) is 0 Å². The van der Waals surface area contributed by atoms with Gasteiger partial charge in [0.2, 0.25) is 0 Å². The summed E-state index contributed by atoms with van der Waals surface area (Å²) in [4.78, 5) is 0. The molecular formula is C48H42Cl2Zr. The SMILES string of the molecule is CC1=Cc2c(-c3ccccc3)ccc(C)c2[CH]1[Zr+2](=[C](c1ccccc1)c1ccccc1)[CH]1C(C(C)C)=Cc2c(-c3ccccc3)cccc21.[Cl-].[Cl-]. The van der Waals surface area contributed by atoms with Gasteiger partial charge in [0.25, 0.3) is 0 Å². The van der Waals surface area contributed by atoms with E-state index in [1.807, 2.05) is 0 Å². The molecule has 8 rings (SSSR count). The van der Waals surface area contributed by atoms with E-state index in [2.05, 4.69) is 192 Å². The fourth-order valence-corrected chi connectivity index (χ4v) is 19.6. The first-order chi connectivity index (χ1) is 24.0. The van der Waals surface area contributed by atoms with Crippen molar-refractivity contribution in [3.05, 3.63) is 202 Å². The Morgan fingerprint density at radius 3 is 1.55 bits per heavy atom. The Morgan fingerprint density at radius 1 is 0.510 bits per heavy atom. The third-order valence-corrected chi connectivity index (χ3v) is 19.9. The van der Waals surface area contributed by atoms with E-state index in [9.17, 15) is 0 Å². The molecule has 2 unspecified atom stereocenters. The molecule has 2 aliphatic rings. The van der Waals surface area contributed by atoms with E-state index in [-0.39, 0.29) is 24.8 Å². The molecule has 0 spiro atoms. The quantitative estimate of drug-likeness (QED) is 0.174. The molecule has 2 atom stereocenters. The fraction of sp³-hybridized carbons (Fsp3) is 0.146. The van der Waals surface area contributed by atoms with Gasteiger partial charge in [-0.3, -0.25) is 0 Å². The molecule has 0 nitrogen and oxygen atoms in total. The van der Waals surface area contributed by atoms with Crippen LogP contribution in [0.2, 0.25) is 0 Å². The zero-order chi connectivity index (χ0) is 33.5. The molecular weight excluding hydrogens is 739 g/mol. The van der Waals surface area contributed by atoms with E-state index in [4.69, 9.17) is 0 Å². The predicted molar refractivity (Wildman–Crippen MR) is 207 cm³/mol. The maximum atomic E-state index is 2.60. The smallest absolute Gasteiger partial charge is 1.00 e. The van der Waals surface area contributed by atoms with Gasteiger partial charge in [-0.05, 0) is 0 Å². The predicted octanol–water partition coefficient (Wildman–Crippen LogP) is 6.48. The van der Waals surface area contributed by atoms with E-state index in [1.54, 1.807) is 14.3 Å². The Morgan fingerprint density at radius 2 is 1.02 bits per heavy atom. The largest absolute Gasteiger partial charge is 1.00 e. The van der Waals surface area contributed by atoms with Crippen LogP contribution in [0.25, 0.3) is 34.4 Å². The molecule has 0 bridgehead atoms. The summed E-state index contributed by atoms with van der Waals surface area (Å²) in [5.41, 5.74) is 18.6. The average Bonchev–Trinajstić information content (AvgIpc) is 3.71. The third-order valence-electron chi connectivity index (χ3n) is 10.6. The monoisotopic (exact) mass is 778 g/mol. The minimum atomic E-state index is -2.94. The average molecular weight is 781 g/mol. The van der Waals surface area contributed by atoms with Crippen molar-refractivity contribution in [3.63, 3.8) is 0 Å². The molecule has 6 aromatic carbocycles. The molecule has 0 fully saturated rings. The van der Waals surface area contributed by atoms with E-state index in [0.717, 1.165) is 0 Å². The molecule has 0 radical (unpaired) electrons. The molecule has 3 heteroatoms. The molecule has 0 aliphatic heterocycles. The summed E-state index contributed by atoms with van der Waals surface area (Å²) in [6, 6.07) is 56.6. The van der Waals surface area contributed by atoms with Gasteiger partial charge in [-0.2, -0.15) is 0 Å². The van der Waals surface area contributed by atoms with Crippen LogP contribution in [0.15, 0.2) is 163 Å². The van der Waals surface area contributed by atoms with Gasteiger partial charge in [0.1, 0.15) is 0 Å². The minimum absolute atomic E-state index is 0. The first-order valence-electron chi connectivity index (χ1n) is 17.6. The molecule has 2 aliphatic carbocycles. The first kappa shape index (κ1) is 36.9. The number of allylic oxidation sites excluding steroid dienone is 2. The van der Waals surface area contributed by atoms with Crippen molar-refractivity contribution in [1.29, 1.82) is 0 Å². The number of rotatable bonds is 7. The van der Waals surface area contributed by atoms with Crippen LogP contribution in [0, 0.1) is 12.8 Å². The minimum Gasteiger partial charge on any atom is -1.00 e. The van der Waals surface area contributed by atoms with Gasteiger partial charge < -0.3 is 24.8 Å². The molecule has 0 aromatic heterocycles. The topological polar surface area (TPSA) is 0 Å². The fourth-order valence-electron chi connectivity index (χ4n) is 8.40. The summed E-state index contributed by atoms with van der Waals surface area (Å²) in [7, 11) is 0. The van der Waals surface area contributed by atoms with Crippen LogP contribution in [-0.4, -0.2) is 3.21 Å². The molecule has 0 heterocycles. The molecule has 51 heavy (non-hydrogen) atoms. The zero-order valence-electron chi connectivity index (χ0n) is 29.6. The zero-order valence-corrected chi connectivity index (χ0v) is 33.5. The van der Waals surface area contributed by atoms with Gasteiger partial charge >= 0.3 is 301 Å². The second kappa shape index (κ2) is 15.8.